The van der Waals surface area contributed by atoms with Gasteiger partial charge in [0, 0.05) is 11.6 Å². The molecule has 1 saturated carbocycles. The second-order valence-corrected chi connectivity index (χ2v) is 6.83. The molecule has 1 aromatic carbocycles. The minimum absolute atomic E-state index is 0.183. The Morgan fingerprint density at radius 3 is 2.29 bits per heavy atom. The Morgan fingerprint density at radius 1 is 1.18 bits per heavy atom. The third-order valence-corrected chi connectivity index (χ3v) is 4.29. The maximum atomic E-state index is 14.1. The van der Waals surface area contributed by atoms with Crippen molar-refractivity contribution in [1.82, 2.24) is 10.6 Å². The summed E-state index contributed by atoms with van der Waals surface area (Å²) < 4.78 is 38.0. The zero-order valence-electron chi connectivity index (χ0n) is 15.9. The van der Waals surface area contributed by atoms with E-state index in [4.69, 9.17) is 15.9 Å². The molecule has 6 nitrogen and oxygen atoms in total. The molecular formula is C20H24F2N2O4. The van der Waals surface area contributed by atoms with E-state index in [-0.39, 0.29) is 30.4 Å². The van der Waals surface area contributed by atoms with Crippen LogP contribution in [0.15, 0.2) is 12.1 Å². The van der Waals surface area contributed by atoms with Gasteiger partial charge in [-0.1, -0.05) is 18.8 Å². The molecule has 0 saturated heterocycles. The molecule has 2 N–H and O–H groups in total. The second-order valence-electron chi connectivity index (χ2n) is 6.83. The molecule has 0 radical (unpaired) electrons. The van der Waals surface area contributed by atoms with Gasteiger partial charge in [0.25, 0.3) is 5.91 Å². The Balaban J connectivity index is 2.07. The van der Waals surface area contributed by atoms with E-state index in [1.54, 1.807) is 13.8 Å². The van der Waals surface area contributed by atoms with Gasteiger partial charge < -0.3 is 20.1 Å². The summed E-state index contributed by atoms with van der Waals surface area (Å²) in [6.45, 7) is 3.18. The molecule has 0 bridgehead atoms. The van der Waals surface area contributed by atoms with Crippen molar-refractivity contribution in [3.63, 3.8) is 0 Å². The van der Waals surface area contributed by atoms with E-state index in [9.17, 15) is 18.4 Å². The number of rotatable bonds is 6. The van der Waals surface area contributed by atoms with Crippen LogP contribution in [-0.4, -0.2) is 36.8 Å². The van der Waals surface area contributed by atoms with Crippen LogP contribution < -0.4 is 15.4 Å². The highest BCUT2D eigenvalue weighted by Gasteiger charge is 2.29. The molecular weight excluding hydrogens is 370 g/mol. The summed E-state index contributed by atoms with van der Waals surface area (Å²) in [5.41, 5.74) is -0.183. The van der Waals surface area contributed by atoms with E-state index in [0.29, 0.717) is 12.8 Å². The largest absolute Gasteiger partial charge is 0.475 e. The maximum absolute atomic E-state index is 14.1. The summed E-state index contributed by atoms with van der Waals surface area (Å²) >= 11 is 0. The standard InChI is InChI=1S/C20H24F2N2O4/c1-4-9-27-18-14(21)10-13(11-15(18)22)19(25)23-16-7-5-6-8-17(16)24-20(26)28-12(2)3/h1,10-12,16-17H,5-9H2,2-3H3,(H,23,25)(H,24,26). The molecule has 152 valence electrons. The molecule has 1 fully saturated rings. The van der Waals surface area contributed by atoms with Crippen LogP contribution >= 0.6 is 0 Å². The molecule has 2 rings (SSSR count). The zero-order chi connectivity index (χ0) is 20.7. The molecule has 1 aromatic rings. The Hall–Kier alpha value is -2.82. The number of carbonyl (C=O) groups excluding carboxylic acids is 2. The minimum atomic E-state index is -1.01. The number of benzene rings is 1. The van der Waals surface area contributed by atoms with Gasteiger partial charge in [0.05, 0.1) is 12.1 Å². The van der Waals surface area contributed by atoms with Crippen LogP contribution in [0, 0.1) is 24.0 Å². The fourth-order valence-corrected chi connectivity index (χ4v) is 3.07. The number of alkyl carbamates (subject to hydrolysis) is 1. The van der Waals surface area contributed by atoms with E-state index < -0.39 is 29.4 Å². The van der Waals surface area contributed by atoms with E-state index in [1.165, 1.54) is 0 Å². The molecule has 2 amide bonds. The van der Waals surface area contributed by atoms with Crippen molar-refractivity contribution < 1.29 is 27.8 Å². The number of halogens is 2. The van der Waals surface area contributed by atoms with Crippen LogP contribution in [0.1, 0.15) is 49.9 Å². The van der Waals surface area contributed by atoms with E-state index in [2.05, 4.69) is 16.6 Å². The van der Waals surface area contributed by atoms with Crippen molar-refractivity contribution in [3.8, 4) is 18.1 Å². The summed E-state index contributed by atoms with van der Waals surface area (Å²) in [5, 5.41) is 5.49. The maximum Gasteiger partial charge on any atom is 0.407 e. The third kappa shape index (κ3) is 5.84. The predicted octanol–water partition coefficient (Wildman–Crippen LogP) is 3.15. The summed E-state index contributed by atoms with van der Waals surface area (Å²) in [4.78, 5) is 24.4. The summed E-state index contributed by atoms with van der Waals surface area (Å²) in [6.07, 6.45) is 7.24. The monoisotopic (exact) mass is 394 g/mol. The molecule has 0 aliphatic heterocycles. The van der Waals surface area contributed by atoms with Crippen LogP contribution in [0.4, 0.5) is 13.6 Å². The highest BCUT2D eigenvalue weighted by atomic mass is 19.1. The lowest BCUT2D eigenvalue weighted by Gasteiger charge is -2.32. The minimum Gasteiger partial charge on any atom is -0.475 e. The fraction of sp³-hybridized carbons (Fsp3) is 0.500. The average Bonchev–Trinajstić information content (AvgIpc) is 2.61. The highest BCUT2D eigenvalue weighted by Crippen LogP contribution is 2.24. The summed E-state index contributed by atoms with van der Waals surface area (Å²) in [6, 6.07) is 1.09. The molecule has 0 aromatic heterocycles. The third-order valence-electron chi connectivity index (χ3n) is 4.29. The molecule has 2 atom stereocenters. The second kappa shape index (κ2) is 9.93. The quantitative estimate of drug-likeness (QED) is 0.727. The topological polar surface area (TPSA) is 76.7 Å². The van der Waals surface area contributed by atoms with Gasteiger partial charge in [0.1, 0.15) is 6.61 Å². The lowest BCUT2D eigenvalue weighted by molar-refractivity contribution is 0.0887. The van der Waals surface area contributed by atoms with Crippen molar-refractivity contribution in [2.75, 3.05) is 6.61 Å². The number of hydrogen-bond acceptors (Lipinski definition) is 4. The lowest BCUT2D eigenvalue weighted by Crippen LogP contribution is -2.53. The van der Waals surface area contributed by atoms with Crippen molar-refractivity contribution in [2.24, 2.45) is 0 Å². The molecule has 8 heteroatoms. The number of carbonyl (C=O) groups is 2. The molecule has 28 heavy (non-hydrogen) atoms. The van der Waals surface area contributed by atoms with Gasteiger partial charge in [0.15, 0.2) is 17.4 Å². The van der Waals surface area contributed by atoms with E-state index in [1.807, 2.05) is 0 Å². The first-order chi connectivity index (χ1) is 13.3. The van der Waals surface area contributed by atoms with Gasteiger partial charge in [-0.15, -0.1) is 6.42 Å². The van der Waals surface area contributed by atoms with Crippen LogP contribution in [0.25, 0.3) is 0 Å². The molecule has 1 aliphatic rings. The number of amides is 2. The Bertz CT molecular complexity index is 738. The first-order valence-corrected chi connectivity index (χ1v) is 9.15. The van der Waals surface area contributed by atoms with Crippen molar-refractivity contribution >= 4 is 12.0 Å². The SMILES string of the molecule is C#CCOc1c(F)cc(C(=O)NC2CCCCC2NC(=O)OC(C)C)cc1F. The number of hydrogen-bond donors (Lipinski definition) is 2. The van der Waals surface area contributed by atoms with Gasteiger partial charge in [-0.05, 0) is 38.8 Å². The highest BCUT2D eigenvalue weighted by molar-refractivity contribution is 5.94. The zero-order valence-corrected chi connectivity index (χ0v) is 15.9. The van der Waals surface area contributed by atoms with Gasteiger partial charge in [0.2, 0.25) is 0 Å². The Morgan fingerprint density at radius 2 is 1.75 bits per heavy atom. The van der Waals surface area contributed by atoms with Gasteiger partial charge in [-0.25, -0.2) is 13.6 Å². The number of nitrogens with one attached hydrogen (secondary N) is 2. The molecule has 1 aliphatic carbocycles. The van der Waals surface area contributed by atoms with Gasteiger partial charge >= 0.3 is 6.09 Å². The van der Waals surface area contributed by atoms with Crippen LogP contribution in [0.5, 0.6) is 5.75 Å². The van der Waals surface area contributed by atoms with Gasteiger partial charge in [-0.2, -0.15) is 0 Å². The fourth-order valence-electron chi connectivity index (χ4n) is 3.07. The normalized spacial score (nSPS) is 18.9. The molecule has 2 unspecified atom stereocenters. The summed E-state index contributed by atoms with van der Waals surface area (Å²) in [5.74, 6) is -1.18. The van der Waals surface area contributed by atoms with Crippen molar-refractivity contribution in [2.45, 2.75) is 57.7 Å². The average molecular weight is 394 g/mol. The summed E-state index contributed by atoms with van der Waals surface area (Å²) in [7, 11) is 0. The van der Waals surface area contributed by atoms with Crippen molar-refractivity contribution in [3.05, 3.63) is 29.3 Å². The van der Waals surface area contributed by atoms with E-state index in [0.717, 1.165) is 25.0 Å². The van der Waals surface area contributed by atoms with Crippen LogP contribution in [-0.2, 0) is 4.74 Å². The van der Waals surface area contributed by atoms with Crippen molar-refractivity contribution in [1.29, 1.82) is 0 Å². The van der Waals surface area contributed by atoms with Crippen LogP contribution in [0.2, 0.25) is 0 Å². The lowest BCUT2D eigenvalue weighted by atomic mass is 9.90. The Kier molecular flexibility index (Phi) is 7.61. The predicted molar refractivity (Wildman–Crippen MR) is 98.9 cm³/mol. The van der Waals surface area contributed by atoms with E-state index >= 15 is 0 Å². The first kappa shape index (κ1) is 21.5. The molecule has 0 heterocycles. The smallest absolute Gasteiger partial charge is 0.407 e. The molecule has 0 spiro atoms. The van der Waals surface area contributed by atoms with Gasteiger partial charge in [-0.3, -0.25) is 4.79 Å². The first-order valence-electron chi connectivity index (χ1n) is 9.15. The van der Waals surface area contributed by atoms with Crippen LogP contribution in [0.3, 0.4) is 0 Å². The number of ether oxygens (including phenoxy) is 2. The Labute approximate surface area is 163 Å². The number of terminal acetylenes is 1.